The Bertz CT molecular complexity index is 723. The van der Waals surface area contributed by atoms with Crippen LogP contribution in [0.4, 0.5) is 5.69 Å². The Labute approximate surface area is 122 Å². The lowest BCUT2D eigenvalue weighted by Gasteiger charge is -2.45. The van der Waals surface area contributed by atoms with Crippen LogP contribution in [0.15, 0.2) is 36.0 Å². The number of para-hydroxylation sites is 1. The number of fused-ring (bicyclic) bond motifs is 1. The van der Waals surface area contributed by atoms with Gasteiger partial charge in [0, 0.05) is 36.3 Å². The molecule has 3 aliphatic heterocycles. The maximum absolute atomic E-state index is 12.6. The van der Waals surface area contributed by atoms with Crippen LogP contribution in [0.1, 0.15) is 24.8 Å². The summed E-state index contributed by atoms with van der Waals surface area (Å²) in [5, 5.41) is 3.40. The van der Waals surface area contributed by atoms with Gasteiger partial charge in [-0.1, -0.05) is 18.2 Å². The molecule has 0 bridgehead atoms. The fraction of sp³-hybridized carbons (Fsp3) is 0.412. The molecule has 5 rings (SSSR count). The standard InChI is InChI=1S/C17H16N2O2/c20-13-8-14-17(11-5-1-2-6-12(11)18-14)9-15(21)19-7-3-4-10(13)16(17)19/h1-2,5-6,8,10,16,18H,3-4,7,9H2/t10-,16-,17-/m0/s1. The molecule has 4 heteroatoms. The third-order valence-corrected chi connectivity index (χ3v) is 5.70. The van der Waals surface area contributed by atoms with Crippen molar-refractivity contribution in [2.24, 2.45) is 5.92 Å². The third-order valence-electron chi connectivity index (χ3n) is 5.70. The summed E-state index contributed by atoms with van der Waals surface area (Å²) < 4.78 is 0. The van der Waals surface area contributed by atoms with E-state index in [0.717, 1.165) is 30.8 Å². The monoisotopic (exact) mass is 280 g/mol. The summed E-state index contributed by atoms with van der Waals surface area (Å²) in [7, 11) is 0. The second-order valence-corrected chi connectivity index (χ2v) is 6.56. The lowest BCUT2D eigenvalue weighted by Crippen LogP contribution is -2.55. The molecule has 2 fully saturated rings. The highest BCUT2D eigenvalue weighted by Crippen LogP contribution is 2.58. The summed E-state index contributed by atoms with van der Waals surface area (Å²) in [6.07, 6.45) is 4.11. The molecular formula is C17H16N2O2. The fourth-order valence-corrected chi connectivity index (χ4v) is 4.93. The first-order valence-corrected chi connectivity index (χ1v) is 7.64. The van der Waals surface area contributed by atoms with E-state index >= 15 is 0 Å². The topological polar surface area (TPSA) is 49.4 Å². The predicted molar refractivity (Wildman–Crippen MR) is 77.7 cm³/mol. The minimum Gasteiger partial charge on any atom is -0.358 e. The summed E-state index contributed by atoms with van der Waals surface area (Å²) in [4.78, 5) is 27.0. The highest BCUT2D eigenvalue weighted by Gasteiger charge is 2.64. The quantitative estimate of drug-likeness (QED) is 0.788. The van der Waals surface area contributed by atoms with Crippen LogP contribution < -0.4 is 5.32 Å². The molecule has 4 nitrogen and oxygen atoms in total. The predicted octanol–water partition coefficient (Wildman–Crippen LogP) is 1.83. The first-order valence-electron chi connectivity index (χ1n) is 7.64. The molecule has 0 saturated carbocycles. The minimum absolute atomic E-state index is 0.0161. The first kappa shape index (κ1) is 11.5. The Morgan fingerprint density at radius 2 is 2.10 bits per heavy atom. The van der Waals surface area contributed by atoms with Crippen molar-refractivity contribution in [3.63, 3.8) is 0 Å². The zero-order chi connectivity index (χ0) is 14.2. The molecule has 0 aromatic heterocycles. The van der Waals surface area contributed by atoms with E-state index in [1.54, 1.807) is 6.08 Å². The van der Waals surface area contributed by atoms with Gasteiger partial charge in [0.2, 0.25) is 5.91 Å². The van der Waals surface area contributed by atoms with Crippen LogP contribution in [0.5, 0.6) is 0 Å². The van der Waals surface area contributed by atoms with Gasteiger partial charge in [-0.2, -0.15) is 0 Å². The van der Waals surface area contributed by atoms with Crippen molar-refractivity contribution in [1.82, 2.24) is 4.90 Å². The second-order valence-electron chi connectivity index (χ2n) is 6.56. The van der Waals surface area contributed by atoms with E-state index in [1.807, 2.05) is 23.1 Å². The van der Waals surface area contributed by atoms with Gasteiger partial charge in [0.15, 0.2) is 5.78 Å². The fourth-order valence-electron chi connectivity index (χ4n) is 4.93. The average Bonchev–Trinajstić information content (AvgIpc) is 2.97. The number of piperidine rings is 1. The number of hydrogen-bond donors (Lipinski definition) is 1. The number of nitrogens with zero attached hydrogens (tertiary/aromatic N) is 1. The van der Waals surface area contributed by atoms with E-state index in [1.165, 1.54) is 5.56 Å². The Balaban J connectivity index is 1.82. The lowest BCUT2D eigenvalue weighted by atomic mass is 9.63. The number of ketones is 1. The molecule has 3 heterocycles. The normalized spacial score (nSPS) is 35.8. The van der Waals surface area contributed by atoms with Crippen LogP contribution >= 0.6 is 0 Å². The molecule has 1 N–H and O–H groups in total. The van der Waals surface area contributed by atoms with Crippen molar-refractivity contribution in [2.75, 3.05) is 11.9 Å². The zero-order valence-electron chi connectivity index (χ0n) is 11.6. The Hall–Kier alpha value is -2.10. The molecule has 1 spiro atoms. The maximum atomic E-state index is 12.6. The van der Waals surface area contributed by atoms with Crippen molar-refractivity contribution in [2.45, 2.75) is 30.7 Å². The molecular weight excluding hydrogens is 264 g/mol. The van der Waals surface area contributed by atoms with Gasteiger partial charge in [-0.3, -0.25) is 9.59 Å². The number of amides is 1. The Morgan fingerprint density at radius 1 is 1.24 bits per heavy atom. The van der Waals surface area contributed by atoms with E-state index in [9.17, 15) is 9.59 Å². The van der Waals surface area contributed by atoms with Crippen LogP contribution in [0.2, 0.25) is 0 Å². The summed E-state index contributed by atoms with van der Waals surface area (Å²) >= 11 is 0. The molecule has 0 unspecified atom stereocenters. The van der Waals surface area contributed by atoms with Gasteiger partial charge in [0.25, 0.3) is 0 Å². The van der Waals surface area contributed by atoms with Crippen molar-refractivity contribution >= 4 is 17.4 Å². The number of hydrogen-bond acceptors (Lipinski definition) is 3. The summed E-state index contributed by atoms with van der Waals surface area (Å²) in [6, 6.07) is 8.19. The van der Waals surface area contributed by atoms with Gasteiger partial charge >= 0.3 is 0 Å². The Kier molecular flexibility index (Phi) is 1.96. The van der Waals surface area contributed by atoms with E-state index in [0.29, 0.717) is 6.42 Å². The molecule has 1 amide bonds. The van der Waals surface area contributed by atoms with Crippen molar-refractivity contribution in [3.05, 3.63) is 41.6 Å². The molecule has 21 heavy (non-hydrogen) atoms. The van der Waals surface area contributed by atoms with Crippen molar-refractivity contribution in [3.8, 4) is 0 Å². The molecule has 3 atom stereocenters. The summed E-state index contributed by atoms with van der Waals surface area (Å²) in [5.74, 6) is 0.357. The number of anilines is 1. The third kappa shape index (κ3) is 1.18. The van der Waals surface area contributed by atoms with Crippen molar-refractivity contribution < 1.29 is 9.59 Å². The van der Waals surface area contributed by atoms with Crippen molar-refractivity contribution in [1.29, 1.82) is 0 Å². The average molecular weight is 280 g/mol. The van der Waals surface area contributed by atoms with Gasteiger partial charge < -0.3 is 10.2 Å². The number of rotatable bonds is 0. The van der Waals surface area contributed by atoms with Gasteiger partial charge in [-0.15, -0.1) is 0 Å². The van der Waals surface area contributed by atoms with Crippen LogP contribution in [0, 0.1) is 5.92 Å². The van der Waals surface area contributed by atoms with Gasteiger partial charge in [-0.25, -0.2) is 0 Å². The molecule has 1 aromatic rings. The molecule has 0 radical (unpaired) electrons. The van der Waals surface area contributed by atoms with E-state index in [-0.39, 0.29) is 29.1 Å². The molecule has 1 aliphatic carbocycles. The summed E-state index contributed by atoms with van der Waals surface area (Å²) in [6.45, 7) is 0.796. The van der Waals surface area contributed by atoms with E-state index in [4.69, 9.17) is 0 Å². The van der Waals surface area contributed by atoms with Crippen LogP contribution in [-0.2, 0) is 15.0 Å². The van der Waals surface area contributed by atoms with Gasteiger partial charge in [0.05, 0.1) is 11.5 Å². The first-order chi connectivity index (χ1) is 10.2. The summed E-state index contributed by atoms with van der Waals surface area (Å²) in [5.41, 5.74) is 2.87. The van der Waals surface area contributed by atoms with E-state index in [2.05, 4.69) is 11.4 Å². The zero-order valence-corrected chi connectivity index (χ0v) is 11.6. The van der Waals surface area contributed by atoms with Crippen LogP contribution in [0.25, 0.3) is 0 Å². The minimum atomic E-state index is -0.313. The van der Waals surface area contributed by atoms with Crippen LogP contribution in [-0.4, -0.2) is 29.2 Å². The van der Waals surface area contributed by atoms with Gasteiger partial charge in [0.1, 0.15) is 0 Å². The smallest absolute Gasteiger partial charge is 0.224 e. The Morgan fingerprint density at radius 3 is 3.00 bits per heavy atom. The number of nitrogens with one attached hydrogen (secondary N) is 1. The maximum Gasteiger partial charge on any atom is 0.224 e. The highest BCUT2D eigenvalue weighted by atomic mass is 16.2. The second kappa shape index (κ2) is 3.56. The number of allylic oxidation sites excluding steroid dienone is 1. The largest absolute Gasteiger partial charge is 0.358 e. The highest BCUT2D eigenvalue weighted by molar-refractivity contribution is 6.00. The molecule has 2 saturated heterocycles. The molecule has 4 aliphatic rings. The number of benzene rings is 1. The van der Waals surface area contributed by atoms with E-state index < -0.39 is 0 Å². The molecule has 106 valence electrons. The SMILES string of the molecule is O=C1C=C2Nc3ccccc3[C@@]23CC(=O)N2CCC[C@@H]1[C@H]23. The number of carbonyl (C=O) groups is 2. The van der Waals surface area contributed by atoms with Gasteiger partial charge in [-0.05, 0) is 24.5 Å². The van der Waals surface area contributed by atoms with Crippen LogP contribution in [0.3, 0.4) is 0 Å². The lowest BCUT2D eigenvalue weighted by molar-refractivity contribution is -0.133. The number of carbonyl (C=O) groups excluding carboxylic acids is 2. The molecule has 1 aromatic carbocycles.